The monoisotopic (exact) mass is 471 g/mol. The van der Waals surface area contributed by atoms with Crippen LogP contribution < -0.4 is 9.62 Å². The maximum absolute atomic E-state index is 10.3. The summed E-state index contributed by atoms with van der Waals surface area (Å²) in [5.74, 6) is 0. The van der Waals surface area contributed by atoms with Gasteiger partial charge in [-0.25, -0.2) is 0 Å². The summed E-state index contributed by atoms with van der Waals surface area (Å²) in [6, 6.07) is 17.5. The number of rotatable bonds is 5. The number of nitrogens with one attached hydrogen (secondary N) is 1. The summed E-state index contributed by atoms with van der Waals surface area (Å²) < 4.78 is 31.3. The third-order valence-electron chi connectivity index (χ3n) is 6.17. The summed E-state index contributed by atoms with van der Waals surface area (Å²) in [6.45, 7) is 2.03. The van der Waals surface area contributed by atoms with Crippen LogP contribution in [-0.2, 0) is 16.8 Å². The van der Waals surface area contributed by atoms with Crippen molar-refractivity contribution in [3.8, 4) is 0 Å². The van der Waals surface area contributed by atoms with Gasteiger partial charge in [-0.15, -0.1) is 0 Å². The molecule has 6 nitrogen and oxygen atoms in total. The fourth-order valence-corrected chi connectivity index (χ4v) is 5.22. The number of benzene rings is 2. The zero-order chi connectivity index (χ0) is 23.8. The van der Waals surface area contributed by atoms with Crippen LogP contribution in [0, 0.1) is 0 Å². The summed E-state index contributed by atoms with van der Waals surface area (Å²) in [5.41, 5.74) is 6.80. The van der Waals surface area contributed by atoms with Gasteiger partial charge in [0.2, 0.25) is 0 Å². The van der Waals surface area contributed by atoms with Gasteiger partial charge < -0.3 is 9.80 Å². The second kappa shape index (κ2) is 11.8. The highest BCUT2D eigenvalue weighted by molar-refractivity contribution is 7.83. The number of anilines is 1. The summed E-state index contributed by atoms with van der Waals surface area (Å²) in [7, 11) is 2.46. The molecule has 0 aromatic heterocycles. The fraction of sp³-hybridized carbons (Fsp3) is 0.462. The van der Waals surface area contributed by atoms with Crippen molar-refractivity contribution in [1.82, 2.24) is 9.62 Å². The van der Waals surface area contributed by atoms with Crippen LogP contribution in [-0.4, -0.2) is 51.6 Å². The Morgan fingerprint density at radius 1 is 1.03 bits per heavy atom. The van der Waals surface area contributed by atoms with Crippen molar-refractivity contribution < 1.29 is 13.0 Å². The van der Waals surface area contributed by atoms with E-state index in [1.165, 1.54) is 34.4 Å². The summed E-state index contributed by atoms with van der Waals surface area (Å²) >= 11 is 0. The average Bonchev–Trinajstić information content (AvgIpc) is 2.88. The molecule has 2 aromatic carbocycles. The van der Waals surface area contributed by atoms with E-state index in [0.29, 0.717) is 0 Å². The Bertz CT molecular complexity index is 1040. The molecule has 0 spiro atoms. The molecule has 2 aromatic rings. The second-order valence-electron chi connectivity index (χ2n) is 9.17. The number of nitrogens with zero attached hydrogens (tertiary/aromatic N) is 2. The van der Waals surface area contributed by atoms with Gasteiger partial charge in [0.05, 0.1) is 0 Å². The Hall–Kier alpha value is -2.19. The van der Waals surface area contributed by atoms with Crippen molar-refractivity contribution in [2.24, 2.45) is 0 Å². The van der Waals surface area contributed by atoms with E-state index in [1.807, 2.05) is 0 Å². The normalized spacial score (nSPS) is 17.7. The molecule has 1 aliphatic carbocycles. The number of fused-ring (bicyclic) bond motifs is 2. The Kier molecular flexibility index (Phi) is 9.09. The lowest BCUT2D eigenvalue weighted by atomic mass is 9.93. The lowest BCUT2D eigenvalue weighted by Crippen LogP contribution is -2.35. The molecular formula is C26H37N3O3S. The van der Waals surface area contributed by atoms with E-state index in [9.17, 15) is 8.42 Å². The molecule has 4 rings (SSSR count). The molecule has 2 N–H and O–H groups in total. The molecule has 2 aliphatic rings. The van der Waals surface area contributed by atoms with Crippen LogP contribution in [0.2, 0.25) is 0 Å². The predicted octanol–water partition coefficient (Wildman–Crippen LogP) is 4.73. The smallest absolute Gasteiger partial charge is 0.333 e. The van der Waals surface area contributed by atoms with Gasteiger partial charge in [-0.3, -0.25) is 4.55 Å². The van der Waals surface area contributed by atoms with Crippen molar-refractivity contribution in [3.05, 3.63) is 71.3 Å². The molecule has 1 aliphatic heterocycles. The summed E-state index contributed by atoms with van der Waals surface area (Å²) in [4.78, 5) is 4.58. The molecule has 1 heterocycles. The highest BCUT2D eigenvalue weighted by Crippen LogP contribution is 2.37. The van der Waals surface area contributed by atoms with Crippen molar-refractivity contribution in [1.29, 1.82) is 0 Å². The molecule has 7 heteroatoms. The van der Waals surface area contributed by atoms with Gasteiger partial charge in [0, 0.05) is 37.4 Å². The molecule has 0 saturated heterocycles. The predicted molar refractivity (Wildman–Crippen MR) is 137 cm³/mol. The third-order valence-corrected chi connectivity index (χ3v) is 6.80. The van der Waals surface area contributed by atoms with E-state index in [2.05, 4.69) is 90.3 Å². The minimum atomic E-state index is -3.97. The SMILES string of the molecule is CN(C)CC/C=C1\c2ccccc2CN(C)c2ccccc21.O=S(=O)(O)NC1CCCCC1. The van der Waals surface area contributed by atoms with Crippen LogP contribution in [0.3, 0.4) is 0 Å². The molecule has 0 unspecified atom stereocenters. The van der Waals surface area contributed by atoms with Gasteiger partial charge in [0.1, 0.15) is 0 Å². The number of para-hydroxylation sites is 1. The fourth-order valence-electron chi connectivity index (χ4n) is 4.56. The largest absolute Gasteiger partial charge is 0.370 e. The molecule has 1 saturated carbocycles. The quantitative estimate of drug-likeness (QED) is 0.617. The lowest BCUT2D eigenvalue weighted by Gasteiger charge is -2.20. The first-order valence-corrected chi connectivity index (χ1v) is 13.2. The van der Waals surface area contributed by atoms with Crippen LogP contribution in [0.5, 0.6) is 0 Å². The first kappa shape index (κ1) is 25.4. The molecule has 180 valence electrons. The van der Waals surface area contributed by atoms with Crippen LogP contribution in [0.25, 0.3) is 5.57 Å². The van der Waals surface area contributed by atoms with Gasteiger partial charge in [-0.05, 0) is 56.1 Å². The maximum atomic E-state index is 10.3. The molecule has 1 fully saturated rings. The zero-order valence-corrected chi connectivity index (χ0v) is 20.8. The standard InChI is InChI=1S/C20H24N2.C6H13NO3S/c1-21(2)14-8-12-18-17-10-5-4-9-16(17)15-22(3)20-13-7-6-11-19(18)20;8-11(9,10)7-6-4-2-1-3-5-6/h4-7,9-13H,8,14-15H2,1-3H3;6-7H,1-5H2,(H,8,9,10)/b18-12+;. The Morgan fingerprint density at radius 2 is 1.67 bits per heavy atom. The Morgan fingerprint density at radius 3 is 2.33 bits per heavy atom. The summed E-state index contributed by atoms with van der Waals surface area (Å²) in [6.07, 6.45) is 8.43. The van der Waals surface area contributed by atoms with E-state index in [-0.39, 0.29) is 6.04 Å². The van der Waals surface area contributed by atoms with Gasteiger partial charge in [0.15, 0.2) is 0 Å². The molecule has 0 bridgehead atoms. The first-order chi connectivity index (χ1) is 15.7. The van der Waals surface area contributed by atoms with E-state index in [1.54, 1.807) is 0 Å². The van der Waals surface area contributed by atoms with Gasteiger partial charge in [-0.1, -0.05) is 67.8 Å². The van der Waals surface area contributed by atoms with Crippen LogP contribution in [0.1, 0.15) is 55.2 Å². The van der Waals surface area contributed by atoms with Crippen molar-refractivity contribution in [3.63, 3.8) is 0 Å². The van der Waals surface area contributed by atoms with E-state index >= 15 is 0 Å². The van der Waals surface area contributed by atoms with Crippen LogP contribution in [0.15, 0.2) is 54.6 Å². The Balaban J connectivity index is 0.000000235. The molecule has 0 radical (unpaired) electrons. The molecule has 0 amide bonds. The van der Waals surface area contributed by atoms with Gasteiger partial charge >= 0.3 is 10.3 Å². The number of hydrogen-bond donors (Lipinski definition) is 2. The Labute approximate surface area is 199 Å². The molecule has 33 heavy (non-hydrogen) atoms. The summed E-state index contributed by atoms with van der Waals surface area (Å²) in [5, 5.41) is 0. The van der Waals surface area contributed by atoms with Gasteiger partial charge in [0.25, 0.3) is 0 Å². The second-order valence-corrected chi connectivity index (χ2v) is 10.4. The lowest BCUT2D eigenvalue weighted by molar-refractivity contribution is 0.389. The average molecular weight is 472 g/mol. The highest BCUT2D eigenvalue weighted by atomic mass is 32.2. The first-order valence-electron chi connectivity index (χ1n) is 11.7. The van der Waals surface area contributed by atoms with E-state index in [4.69, 9.17) is 4.55 Å². The topological polar surface area (TPSA) is 72.9 Å². The zero-order valence-electron chi connectivity index (χ0n) is 20.0. The highest BCUT2D eigenvalue weighted by Gasteiger charge is 2.20. The molecule has 0 atom stereocenters. The van der Waals surface area contributed by atoms with Gasteiger partial charge in [-0.2, -0.15) is 13.1 Å². The van der Waals surface area contributed by atoms with Crippen molar-refractivity contribution >= 4 is 21.6 Å². The maximum Gasteiger partial charge on any atom is 0.333 e. The van der Waals surface area contributed by atoms with E-state index < -0.39 is 10.3 Å². The minimum absolute atomic E-state index is 0.0428. The molecular weight excluding hydrogens is 434 g/mol. The van der Waals surface area contributed by atoms with Crippen molar-refractivity contribution in [2.45, 2.75) is 51.1 Å². The van der Waals surface area contributed by atoms with Crippen molar-refractivity contribution in [2.75, 3.05) is 32.6 Å². The van der Waals surface area contributed by atoms with Crippen LogP contribution in [0.4, 0.5) is 5.69 Å². The van der Waals surface area contributed by atoms with Crippen LogP contribution >= 0.6 is 0 Å². The third kappa shape index (κ3) is 7.67. The minimum Gasteiger partial charge on any atom is -0.370 e. The van der Waals surface area contributed by atoms with E-state index in [0.717, 1.165) is 45.2 Å². The number of hydrogen-bond acceptors (Lipinski definition) is 4.